The molecular formula is C33H34N6. The summed E-state index contributed by atoms with van der Waals surface area (Å²) in [5, 5.41) is 7.07. The van der Waals surface area contributed by atoms with E-state index in [0.29, 0.717) is 6.04 Å². The van der Waals surface area contributed by atoms with Gasteiger partial charge in [-0.2, -0.15) is 0 Å². The number of hydrogen-bond acceptors (Lipinski definition) is 4. The molecule has 1 saturated heterocycles. The van der Waals surface area contributed by atoms with Gasteiger partial charge in [0.05, 0.1) is 28.3 Å². The SMILES string of the molecule is CNC1(c2nc3ccc(-c4ccc(-c5ccc6c(c5)CCc5[nH]c(C7CCCN7)nc5-6)cc4)cc3[nH]2)CCC1. The van der Waals surface area contributed by atoms with E-state index in [1.165, 1.54) is 58.3 Å². The van der Waals surface area contributed by atoms with Crippen molar-refractivity contribution >= 4 is 11.0 Å². The maximum absolute atomic E-state index is 5.04. The Bertz CT molecular complexity index is 1680. The molecule has 1 atom stereocenters. The van der Waals surface area contributed by atoms with Crippen molar-refractivity contribution < 1.29 is 0 Å². The van der Waals surface area contributed by atoms with Gasteiger partial charge in [-0.3, -0.25) is 0 Å². The van der Waals surface area contributed by atoms with E-state index in [1.54, 1.807) is 0 Å². The van der Waals surface area contributed by atoms with E-state index in [-0.39, 0.29) is 5.54 Å². The van der Waals surface area contributed by atoms with Crippen molar-refractivity contribution in [3.63, 3.8) is 0 Å². The highest BCUT2D eigenvalue weighted by Crippen LogP contribution is 2.40. The Kier molecular flexibility index (Phi) is 5.29. The fourth-order valence-electron chi connectivity index (χ4n) is 6.79. The number of benzene rings is 3. The molecular weight excluding hydrogens is 480 g/mol. The third-order valence-corrected chi connectivity index (χ3v) is 9.36. The number of aromatic amines is 2. The maximum Gasteiger partial charge on any atom is 0.127 e. The van der Waals surface area contributed by atoms with Gasteiger partial charge in [0.2, 0.25) is 0 Å². The van der Waals surface area contributed by atoms with Crippen LogP contribution in [0.15, 0.2) is 60.7 Å². The highest BCUT2D eigenvalue weighted by Gasteiger charge is 2.39. The summed E-state index contributed by atoms with van der Waals surface area (Å²) in [6.45, 7) is 1.09. The predicted octanol–water partition coefficient (Wildman–Crippen LogP) is 6.41. The lowest BCUT2D eigenvalue weighted by molar-refractivity contribution is 0.189. The first kappa shape index (κ1) is 23.2. The second-order valence-electron chi connectivity index (χ2n) is 11.6. The zero-order valence-electron chi connectivity index (χ0n) is 22.4. The molecule has 3 aromatic carbocycles. The number of aromatic nitrogens is 4. The van der Waals surface area contributed by atoms with E-state index in [9.17, 15) is 0 Å². The summed E-state index contributed by atoms with van der Waals surface area (Å²) < 4.78 is 0. The molecule has 8 rings (SSSR count). The van der Waals surface area contributed by atoms with Crippen molar-refractivity contribution in [1.29, 1.82) is 0 Å². The van der Waals surface area contributed by atoms with Crippen LogP contribution in [-0.4, -0.2) is 33.5 Å². The fourth-order valence-corrected chi connectivity index (χ4v) is 6.79. The molecule has 1 unspecified atom stereocenters. The van der Waals surface area contributed by atoms with E-state index in [4.69, 9.17) is 9.97 Å². The van der Waals surface area contributed by atoms with Crippen LogP contribution in [0.5, 0.6) is 0 Å². The van der Waals surface area contributed by atoms with E-state index in [1.807, 2.05) is 7.05 Å². The number of rotatable bonds is 5. The normalized spacial score (nSPS) is 19.6. The average Bonchev–Trinajstić information content (AvgIpc) is 3.72. The van der Waals surface area contributed by atoms with E-state index in [2.05, 4.69) is 81.3 Å². The monoisotopic (exact) mass is 514 g/mol. The number of aryl methyl sites for hydroxylation is 2. The van der Waals surface area contributed by atoms with Gasteiger partial charge < -0.3 is 20.6 Å². The molecule has 2 fully saturated rings. The van der Waals surface area contributed by atoms with Crippen LogP contribution in [0.4, 0.5) is 0 Å². The van der Waals surface area contributed by atoms with Gasteiger partial charge in [-0.05, 0) is 98.5 Å². The van der Waals surface area contributed by atoms with Crippen molar-refractivity contribution in [3.05, 3.63) is 83.6 Å². The van der Waals surface area contributed by atoms with Crippen LogP contribution < -0.4 is 10.6 Å². The average molecular weight is 515 g/mol. The van der Waals surface area contributed by atoms with E-state index in [0.717, 1.165) is 60.6 Å². The summed E-state index contributed by atoms with van der Waals surface area (Å²) in [5.74, 6) is 2.18. The van der Waals surface area contributed by atoms with Crippen LogP contribution in [0.1, 0.15) is 61.1 Å². The van der Waals surface area contributed by atoms with Crippen LogP contribution in [0.25, 0.3) is 44.5 Å². The molecule has 0 spiro atoms. The molecule has 1 aliphatic heterocycles. The predicted molar refractivity (Wildman–Crippen MR) is 157 cm³/mol. The summed E-state index contributed by atoms with van der Waals surface area (Å²) in [6, 6.07) is 22.8. The largest absolute Gasteiger partial charge is 0.344 e. The molecule has 5 aromatic rings. The van der Waals surface area contributed by atoms with Gasteiger partial charge in [0.25, 0.3) is 0 Å². The Labute approximate surface area is 228 Å². The zero-order chi connectivity index (χ0) is 26.0. The Hall–Kier alpha value is -3.74. The zero-order valence-corrected chi connectivity index (χ0v) is 22.4. The quantitative estimate of drug-likeness (QED) is 0.219. The van der Waals surface area contributed by atoms with Crippen molar-refractivity contribution in [1.82, 2.24) is 30.6 Å². The van der Waals surface area contributed by atoms with Gasteiger partial charge in [-0.1, -0.05) is 48.5 Å². The van der Waals surface area contributed by atoms with Gasteiger partial charge >= 0.3 is 0 Å². The standard InChI is InChI=1S/C33H34N6/c1-34-33(15-3-16-33)32-37-26-13-10-23(19-29(26)38-32)21-7-5-20(6-8-21)22-9-12-25-24(18-22)11-14-27-30(25)39-31(36-27)28-4-2-17-35-28/h5-10,12-13,18-19,28,34-35H,2-4,11,14-17H2,1H3,(H,36,39)(H,37,38). The highest BCUT2D eigenvalue weighted by molar-refractivity contribution is 5.83. The number of nitrogens with one attached hydrogen (secondary N) is 4. The van der Waals surface area contributed by atoms with Crippen LogP contribution in [-0.2, 0) is 18.4 Å². The molecule has 6 nitrogen and oxygen atoms in total. The van der Waals surface area contributed by atoms with Crippen molar-refractivity contribution in [2.45, 2.75) is 56.5 Å². The third-order valence-electron chi connectivity index (χ3n) is 9.36. The Morgan fingerprint density at radius 1 is 0.821 bits per heavy atom. The number of H-pyrrole nitrogens is 2. The molecule has 0 bridgehead atoms. The first-order valence-corrected chi connectivity index (χ1v) is 14.4. The minimum Gasteiger partial charge on any atom is -0.344 e. The molecule has 3 aliphatic rings. The molecule has 2 aliphatic carbocycles. The van der Waals surface area contributed by atoms with Gasteiger partial charge in [0.1, 0.15) is 11.6 Å². The summed E-state index contributed by atoms with van der Waals surface area (Å²) in [5.41, 5.74) is 12.2. The Morgan fingerprint density at radius 3 is 2.31 bits per heavy atom. The third kappa shape index (κ3) is 3.77. The molecule has 3 heterocycles. The molecule has 0 amide bonds. The topological polar surface area (TPSA) is 81.4 Å². The summed E-state index contributed by atoms with van der Waals surface area (Å²) >= 11 is 0. The van der Waals surface area contributed by atoms with Crippen molar-refractivity contribution in [3.8, 4) is 33.5 Å². The van der Waals surface area contributed by atoms with Crippen molar-refractivity contribution in [2.75, 3.05) is 13.6 Å². The van der Waals surface area contributed by atoms with E-state index >= 15 is 0 Å². The fraction of sp³-hybridized carbons (Fsp3) is 0.333. The number of nitrogens with zero attached hydrogens (tertiary/aromatic N) is 2. The minimum atomic E-state index is 0.0178. The van der Waals surface area contributed by atoms with Crippen LogP contribution in [0.3, 0.4) is 0 Å². The molecule has 39 heavy (non-hydrogen) atoms. The summed E-state index contributed by atoms with van der Waals surface area (Å²) in [4.78, 5) is 17.2. The summed E-state index contributed by atoms with van der Waals surface area (Å²) in [6.07, 6.45) is 8.01. The molecule has 1 saturated carbocycles. The molecule has 196 valence electrons. The van der Waals surface area contributed by atoms with Crippen LogP contribution in [0.2, 0.25) is 0 Å². The second-order valence-corrected chi connectivity index (χ2v) is 11.6. The number of imidazole rings is 2. The van der Waals surface area contributed by atoms with E-state index < -0.39 is 0 Å². The Balaban J connectivity index is 1.06. The van der Waals surface area contributed by atoms with Crippen LogP contribution >= 0.6 is 0 Å². The smallest absolute Gasteiger partial charge is 0.127 e. The maximum atomic E-state index is 5.04. The van der Waals surface area contributed by atoms with Crippen molar-refractivity contribution in [2.24, 2.45) is 0 Å². The Morgan fingerprint density at radius 2 is 1.59 bits per heavy atom. The molecule has 4 N–H and O–H groups in total. The van der Waals surface area contributed by atoms with Gasteiger partial charge in [-0.25, -0.2) is 9.97 Å². The van der Waals surface area contributed by atoms with Gasteiger partial charge in [-0.15, -0.1) is 0 Å². The second kappa shape index (κ2) is 8.90. The lowest BCUT2D eigenvalue weighted by Crippen LogP contribution is -2.46. The van der Waals surface area contributed by atoms with Crippen LogP contribution in [0, 0.1) is 0 Å². The van der Waals surface area contributed by atoms with Gasteiger partial charge in [0, 0.05) is 11.3 Å². The molecule has 0 radical (unpaired) electrons. The highest BCUT2D eigenvalue weighted by atomic mass is 15.1. The lowest BCUT2D eigenvalue weighted by Gasteiger charge is -2.39. The summed E-state index contributed by atoms with van der Waals surface area (Å²) in [7, 11) is 2.04. The van der Waals surface area contributed by atoms with Gasteiger partial charge in [0.15, 0.2) is 0 Å². The first-order valence-electron chi connectivity index (χ1n) is 14.4. The minimum absolute atomic E-state index is 0.0178. The molecule has 2 aromatic heterocycles. The number of fused-ring (bicyclic) bond motifs is 4. The molecule has 6 heteroatoms. The number of hydrogen-bond donors (Lipinski definition) is 4. The first-order chi connectivity index (χ1) is 19.2. The lowest BCUT2D eigenvalue weighted by atomic mass is 9.76.